The van der Waals surface area contributed by atoms with Crippen molar-refractivity contribution >= 4 is 11.8 Å². The molecule has 2 aromatic carbocycles. The fourth-order valence-electron chi connectivity index (χ4n) is 4.03. The zero-order valence-electron chi connectivity index (χ0n) is 17.2. The maximum Gasteiger partial charge on any atom is 0.255 e. The molecular formula is C24H28N2O4. The third kappa shape index (κ3) is 4.40. The molecule has 2 fully saturated rings. The number of unbranched alkanes of at least 4 members (excludes halogenated alkanes) is 1. The van der Waals surface area contributed by atoms with Gasteiger partial charge >= 0.3 is 0 Å². The molecule has 4 atom stereocenters. The highest BCUT2D eigenvalue weighted by molar-refractivity contribution is 5.92. The third-order valence-electron chi connectivity index (χ3n) is 5.65. The van der Waals surface area contributed by atoms with Crippen LogP contribution < -0.4 is 5.32 Å². The standard InChI is InChI=1S/C24H28N2O4/c1-2-3-14-25-22(27)20-21-23(28)26(16-18-12-8-5-9-13-18)19(24(29-20)30-21)15-17-10-6-4-7-11-17/h4-13,19-21,24H,2-3,14-16H2,1H3,(H,25,27)/t19-,20+,21+,24+/m0/s1. The van der Waals surface area contributed by atoms with Crippen LogP contribution in [-0.4, -0.2) is 47.8 Å². The molecule has 2 aromatic rings. The minimum atomic E-state index is -0.904. The number of rotatable bonds is 8. The van der Waals surface area contributed by atoms with Gasteiger partial charge in [-0.1, -0.05) is 74.0 Å². The number of nitrogens with zero attached hydrogens (tertiary/aromatic N) is 1. The summed E-state index contributed by atoms with van der Waals surface area (Å²) in [7, 11) is 0. The summed E-state index contributed by atoms with van der Waals surface area (Å²) in [6.45, 7) is 3.09. The third-order valence-corrected chi connectivity index (χ3v) is 5.65. The molecule has 0 aliphatic carbocycles. The van der Waals surface area contributed by atoms with Gasteiger partial charge in [-0.3, -0.25) is 9.59 Å². The minimum Gasteiger partial charge on any atom is -0.354 e. The van der Waals surface area contributed by atoms with Gasteiger partial charge in [0.05, 0.1) is 6.04 Å². The van der Waals surface area contributed by atoms with E-state index in [9.17, 15) is 9.59 Å². The summed E-state index contributed by atoms with van der Waals surface area (Å²) in [6.07, 6.45) is 0.0421. The highest BCUT2D eigenvalue weighted by Crippen LogP contribution is 2.34. The van der Waals surface area contributed by atoms with Crippen molar-refractivity contribution in [2.75, 3.05) is 6.54 Å². The molecule has 0 radical (unpaired) electrons. The molecule has 2 heterocycles. The number of carbonyl (C=O) groups excluding carboxylic acids is 2. The van der Waals surface area contributed by atoms with E-state index in [0.717, 1.165) is 24.0 Å². The minimum absolute atomic E-state index is 0.191. The molecule has 0 spiro atoms. The average molecular weight is 408 g/mol. The number of nitrogens with one attached hydrogen (secondary N) is 1. The number of hydrogen-bond acceptors (Lipinski definition) is 4. The lowest BCUT2D eigenvalue weighted by molar-refractivity contribution is -0.177. The van der Waals surface area contributed by atoms with Gasteiger partial charge in [0, 0.05) is 13.1 Å². The molecule has 2 aliphatic rings. The van der Waals surface area contributed by atoms with Crippen LogP contribution in [0, 0.1) is 0 Å². The Bertz CT molecular complexity index is 858. The molecule has 4 rings (SSSR count). The molecule has 6 nitrogen and oxygen atoms in total. The van der Waals surface area contributed by atoms with Crippen LogP contribution in [0.15, 0.2) is 60.7 Å². The summed E-state index contributed by atoms with van der Waals surface area (Å²) < 4.78 is 11.9. The van der Waals surface area contributed by atoms with Crippen LogP contribution in [0.3, 0.4) is 0 Å². The summed E-state index contributed by atoms with van der Waals surface area (Å²) in [5.41, 5.74) is 2.13. The molecule has 0 unspecified atom stereocenters. The maximum absolute atomic E-state index is 13.4. The Morgan fingerprint density at radius 3 is 2.33 bits per heavy atom. The van der Waals surface area contributed by atoms with Crippen molar-refractivity contribution in [1.82, 2.24) is 10.2 Å². The Balaban J connectivity index is 1.57. The van der Waals surface area contributed by atoms with Gasteiger partial charge in [0.1, 0.15) is 0 Å². The molecule has 6 heteroatoms. The summed E-state index contributed by atoms with van der Waals surface area (Å²) in [6, 6.07) is 19.5. The van der Waals surface area contributed by atoms with Gasteiger partial charge in [-0.25, -0.2) is 0 Å². The fourth-order valence-corrected chi connectivity index (χ4v) is 4.03. The first kappa shape index (κ1) is 20.6. The van der Waals surface area contributed by atoms with Crippen LogP contribution in [0.4, 0.5) is 0 Å². The number of fused-ring (bicyclic) bond motifs is 2. The lowest BCUT2D eigenvalue weighted by Gasteiger charge is -2.38. The molecule has 2 bridgehead atoms. The van der Waals surface area contributed by atoms with Crippen molar-refractivity contribution in [3.05, 3.63) is 71.8 Å². The van der Waals surface area contributed by atoms with E-state index in [1.54, 1.807) is 0 Å². The van der Waals surface area contributed by atoms with Crippen molar-refractivity contribution in [3.8, 4) is 0 Å². The number of hydrogen-bond donors (Lipinski definition) is 1. The Morgan fingerprint density at radius 2 is 1.67 bits per heavy atom. The predicted molar refractivity (Wildman–Crippen MR) is 112 cm³/mol. The Hall–Kier alpha value is -2.70. The summed E-state index contributed by atoms with van der Waals surface area (Å²) in [5.74, 6) is -0.464. The molecule has 2 aliphatic heterocycles. The van der Waals surface area contributed by atoms with Gasteiger partial charge in [-0.2, -0.15) is 0 Å². The topological polar surface area (TPSA) is 67.9 Å². The van der Waals surface area contributed by atoms with E-state index in [4.69, 9.17) is 9.47 Å². The van der Waals surface area contributed by atoms with Crippen LogP contribution in [0.5, 0.6) is 0 Å². The Morgan fingerprint density at radius 1 is 1.00 bits per heavy atom. The van der Waals surface area contributed by atoms with Crippen molar-refractivity contribution in [2.45, 2.75) is 57.3 Å². The van der Waals surface area contributed by atoms with Crippen LogP contribution in [0.1, 0.15) is 30.9 Å². The second-order valence-electron chi connectivity index (χ2n) is 7.84. The van der Waals surface area contributed by atoms with E-state index in [1.165, 1.54) is 0 Å². The fraction of sp³-hybridized carbons (Fsp3) is 0.417. The molecule has 2 saturated heterocycles. The first-order valence-electron chi connectivity index (χ1n) is 10.6. The van der Waals surface area contributed by atoms with Gasteiger partial charge in [-0.05, 0) is 24.0 Å². The van der Waals surface area contributed by atoms with Gasteiger partial charge in [-0.15, -0.1) is 0 Å². The van der Waals surface area contributed by atoms with Crippen LogP contribution >= 0.6 is 0 Å². The number of carbonyl (C=O) groups is 2. The summed E-state index contributed by atoms with van der Waals surface area (Å²) >= 11 is 0. The van der Waals surface area contributed by atoms with E-state index < -0.39 is 18.5 Å². The average Bonchev–Trinajstić information content (AvgIpc) is 3.18. The SMILES string of the molecule is CCCCNC(=O)[C@@H]1O[C@@H]2O[C@H]1C(=O)N(Cc1ccccc1)[C@H]2Cc1ccccc1. The zero-order chi connectivity index (χ0) is 20.9. The molecule has 0 aromatic heterocycles. The summed E-state index contributed by atoms with van der Waals surface area (Å²) in [5, 5.41) is 2.87. The van der Waals surface area contributed by atoms with Crippen molar-refractivity contribution in [2.24, 2.45) is 0 Å². The Kier molecular flexibility index (Phi) is 6.45. The highest BCUT2D eigenvalue weighted by atomic mass is 16.7. The predicted octanol–water partition coefficient (Wildman–Crippen LogP) is 2.67. The highest BCUT2D eigenvalue weighted by Gasteiger charge is 2.55. The van der Waals surface area contributed by atoms with E-state index >= 15 is 0 Å². The Labute approximate surface area is 177 Å². The lowest BCUT2D eigenvalue weighted by Crippen LogP contribution is -2.56. The number of ether oxygens (including phenoxy) is 2. The van der Waals surface area contributed by atoms with Gasteiger partial charge in [0.15, 0.2) is 18.5 Å². The molecule has 2 amide bonds. The van der Waals surface area contributed by atoms with Gasteiger partial charge in [0.2, 0.25) is 0 Å². The van der Waals surface area contributed by atoms with Crippen LogP contribution in [0.2, 0.25) is 0 Å². The number of morpholine rings is 1. The van der Waals surface area contributed by atoms with Crippen molar-refractivity contribution in [1.29, 1.82) is 0 Å². The first-order chi connectivity index (χ1) is 14.7. The van der Waals surface area contributed by atoms with Crippen LogP contribution in [-0.2, 0) is 32.0 Å². The second-order valence-corrected chi connectivity index (χ2v) is 7.84. The van der Waals surface area contributed by atoms with Gasteiger partial charge < -0.3 is 19.7 Å². The quantitative estimate of drug-likeness (QED) is 0.682. The zero-order valence-corrected chi connectivity index (χ0v) is 17.2. The van der Waals surface area contributed by atoms with Crippen molar-refractivity contribution in [3.63, 3.8) is 0 Å². The first-order valence-corrected chi connectivity index (χ1v) is 10.6. The lowest BCUT2D eigenvalue weighted by atomic mass is 10.0. The maximum atomic E-state index is 13.4. The van der Waals surface area contributed by atoms with E-state index in [1.807, 2.05) is 65.6 Å². The molecule has 0 saturated carbocycles. The van der Waals surface area contributed by atoms with Crippen molar-refractivity contribution < 1.29 is 19.1 Å². The number of amides is 2. The molecule has 1 N–H and O–H groups in total. The second kappa shape index (κ2) is 9.41. The van der Waals surface area contributed by atoms with E-state index in [0.29, 0.717) is 19.5 Å². The van der Waals surface area contributed by atoms with Gasteiger partial charge in [0.25, 0.3) is 11.8 Å². The van der Waals surface area contributed by atoms with E-state index in [2.05, 4.69) is 12.2 Å². The van der Waals surface area contributed by atoms with Crippen LogP contribution in [0.25, 0.3) is 0 Å². The normalized spacial score (nSPS) is 25.4. The smallest absolute Gasteiger partial charge is 0.255 e. The van der Waals surface area contributed by atoms with E-state index in [-0.39, 0.29) is 17.9 Å². The molecule has 158 valence electrons. The largest absolute Gasteiger partial charge is 0.354 e. The summed E-state index contributed by atoms with van der Waals surface area (Å²) in [4.78, 5) is 27.8. The number of benzene rings is 2. The molecule has 30 heavy (non-hydrogen) atoms. The monoisotopic (exact) mass is 408 g/mol. The molecular weight excluding hydrogens is 380 g/mol.